The quantitative estimate of drug-likeness (QED) is 0.152. The van der Waals surface area contributed by atoms with Gasteiger partial charge in [0.2, 0.25) is 17.8 Å². The smallest absolute Gasteiger partial charge is 0.250 e. The summed E-state index contributed by atoms with van der Waals surface area (Å²) < 4.78 is 7.92. The van der Waals surface area contributed by atoms with Crippen LogP contribution in [-0.2, 0) is 6.61 Å². The van der Waals surface area contributed by atoms with Crippen LogP contribution in [0.2, 0.25) is 0 Å². The van der Waals surface area contributed by atoms with Crippen molar-refractivity contribution in [1.29, 1.82) is 0 Å². The number of fused-ring (bicyclic) bond motifs is 1. The number of halogens is 2. The molecule has 1 aromatic heterocycles. The largest absolute Gasteiger partial charge is 0.487 e. The van der Waals surface area contributed by atoms with Crippen molar-refractivity contribution in [2.45, 2.75) is 45.1 Å². The minimum absolute atomic E-state index is 0.463. The molecule has 4 aromatic rings. The van der Waals surface area contributed by atoms with Crippen molar-refractivity contribution < 1.29 is 4.74 Å². The van der Waals surface area contributed by atoms with Crippen LogP contribution in [0.4, 0.5) is 17.8 Å². The molecule has 8 nitrogen and oxygen atoms in total. The molecule has 0 unspecified atom stereocenters. The fourth-order valence-corrected chi connectivity index (χ4v) is 6.85. The topological polar surface area (TPSA) is 78.8 Å². The summed E-state index contributed by atoms with van der Waals surface area (Å²) in [6.45, 7) is 4.37. The first-order valence-electron chi connectivity index (χ1n) is 14.3. The lowest BCUT2D eigenvalue weighted by Crippen LogP contribution is -2.34. The van der Waals surface area contributed by atoms with Gasteiger partial charge in [0.15, 0.2) is 0 Å². The van der Waals surface area contributed by atoms with Gasteiger partial charge in [0, 0.05) is 26.2 Å². The lowest BCUT2D eigenvalue weighted by Gasteiger charge is -2.30. The Morgan fingerprint density at radius 1 is 0.780 bits per heavy atom. The van der Waals surface area contributed by atoms with Crippen molar-refractivity contribution in [2.24, 2.45) is 5.10 Å². The van der Waals surface area contributed by atoms with Crippen LogP contribution in [0.3, 0.4) is 0 Å². The van der Waals surface area contributed by atoms with E-state index in [1.165, 1.54) is 23.6 Å². The summed E-state index contributed by atoms with van der Waals surface area (Å²) in [7, 11) is 0. The van der Waals surface area contributed by atoms with E-state index >= 15 is 0 Å². The SMILES string of the molecule is Brc1cc(/C=N/Nc2nc(N3CCCCC3)nc(N3CCCCC3)n2)cc(Br)c1OCc1cccc2ccccc12. The molecule has 2 saturated heterocycles. The molecule has 2 aliphatic heterocycles. The van der Waals surface area contributed by atoms with E-state index in [-0.39, 0.29) is 0 Å². The molecular formula is C31H33Br2N7O. The molecule has 6 rings (SSSR count). The molecule has 41 heavy (non-hydrogen) atoms. The highest BCUT2D eigenvalue weighted by Gasteiger charge is 2.20. The number of hydrogen-bond donors (Lipinski definition) is 1. The summed E-state index contributed by atoms with van der Waals surface area (Å²) in [5, 5.41) is 6.88. The predicted molar refractivity (Wildman–Crippen MR) is 173 cm³/mol. The van der Waals surface area contributed by atoms with E-state index < -0.39 is 0 Å². The number of ether oxygens (including phenoxy) is 1. The summed E-state index contributed by atoms with van der Waals surface area (Å²) in [4.78, 5) is 18.8. The average molecular weight is 679 g/mol. The van der Waals surface area contributed by atoms with E-state index in [0.717, 1.165) is 89.6 Å². The van der Waals surface area contributed by atoms with Crippen molar-refractivity contribution in [3.05, 3.63) is 74.7 Å². The van der Waals surface area contributed by atoms with E-state index in [0.29, 0.717) is 12.6 Å². The fraction of sp³-hybridized carbons (Fsp3) is 0.355. The zero-order valence-electron chi connectivity index (χ0n) is 22.9. The number of benzene rings is 3. The molecule has 212 valence electrons. The molecule has 10 heteroatoms. The summed E-state index contributed by atoms with van der Waals surface area (Å²) >= 11 is 7.37. The van der Waals surface area contributed by atoms with Crippen molar-refractivity contribution in [3.63, 3.8) is 0 Å². The standard InChI is InChI=1S/C31H33Br2N7O/c32-26-18-22(19-27(33)28(26)41-21-24-12-9-11-23-10-3-4-13-25(23)24)20-34-38-29-35-30(39-14-5-1-6-15-39)37-31(36-29)40-16-7-2-8-17-40/h3-4,9-13,18-20H,1-2,5-8,14-17,21H2,(H,35,36,37,38)/b34-20+. The highest BCUT2D eigenvalue weighted by Crippen LogP contribution is 2.35. The number of piperidine rings is 2. The lowest BCUT2D eigenvalue weighted by molar-refractivity contribution is 0.303. The molecule has 1 N–H and O–H groups in total. The third-order valence-electron chi connectivity index (χ3n) is 7.54. The Bertz CT molecular complexity index is 1470. The number of nitrogens with one attached hydrogen (secondary N) is 1. The molecule has 2 fully saturated rings. The van der Waals surface area contributed by atoms with Gasteiger partial charge in [-0.25, -0.2) is 5.43 Å². The van der Waals surface area contributed by atoms with Crippen LogP contribution in [-0.4, -0.2) is 47.3 Å². The lowest BCUT2D eigenvalue weighted by atomic mass is 10.1. The molecule has 3 heterocycles. The maximum atomic E-state index is 6.24. The summed E-state index contributed by atoms with van der Waals surface area (Å²) in [5.74, 6) is 2.68. The first kappa shape index (κ1) is 27.9. The zero-order valence-corrected chi connectivity index (χ0v) is 26.1. The predicted octanol–water partition coefficient (Wildman–Crippen LogP) is 7.56. The normalized spacial score (nSPS) is 16.0. The Morgan fingerprint density at radius 2 is 1.39 bits per heavy atom. The first-order chi connectivity index (χ1) is 20.1. The molecule has 0 amide bonds. The average Bonchev–Trinajstić information content (AvgIpc) is 3.01. The molecule has 0 atom stereocenters. The van der Waals surface area contributed by atoms with Crippen LogP contribution in [0.5, 0.6) is 5.75 Å². The maximum absolute atomic E-state index is 6.24. The van der Waals surface area contributed by atoms with Gasteiger partial charge >= 0.3 is 0 Å². The van der Waals surface area contributed by atoms with Gasteiger partial charge in [-0.15, -0.1) is 0 Å². The van der Waals surface area contributed by atoms with E-state index in [1.54, 1.807) is 6.21 Å². The Hall–Kier alpha value is -3.24. The van der Waals surface area contributed by atoms with Gasteiger partial charge in [0.05, 0.1) is 15.2 Å². The molecule has 0 radical (unpaired) electrons. The molecule has 0 aliphatic carbocycles. The molecule has 0 spiro atoms. The van der Waals surface area contributed by atoms with Crippen molar-refractivity contribution in [1.82, 2.24) is 15.0 Å². The highest BCUT2D eigenvalue weighted by atomic mass is 79.9. The number of hydrazone groups is 1. The molecule has 3 aromatic carbocycles. The third kappa shape index (κ3) is 6.81. The van der Waals surface area contributed by atoms with Crippen LogP contribution < -0.4 is 20.0 Å². The molecular weight excluding hydrogens is 646 g/mol. The third-order valence-corrected chi connectivity index (χ3v) is 8.72. The minimum Gasteiger partial charge on any atom is -0.487 e. The second-order valence-electron chi connectivity index (χ2n) is 10.5. The number of aromatic nitrogens is 3. The van der Waals surface area contributed by atoms with Crippen molar-refractivity contribution in [3.8, 4) is 5.75 Å². The summed E-state index contributed by atoms with van der Waals surface area (Å²) in [6.07, 6.45) is 8.93. The Balaban J connectivity index is 1.16. The van der Waals surface area contributed by atoms with Gasteiger partial charge in [-0.2, -0.15) is 20.1 Å². The minimum atomic E-state index is 0.463. The van der Waals surface area contributed by atoms with E-state index in [4.69, 9.17) is 19.7 Å². The van der Waals surface area contributed by atoms with E-state index in [9.17, 15) is 0 Å². The maximum Gasteiger partial charge on any atom is 0.250 e. The van der Waals surface area contributed by atoms with Crippen molar-refractivity contribution in [2.75, 3.05) is 41.4 Å². The summed E-state index contributed by atoms with van der Waals surface area (Å²) in [5.41, 5.74) is 5.10. The second kappa shape index (κ2) is 13.2. The van der Waals surface area contributed by atoms with E-state index in [1.807, 2.05) is 12.1 Å². The van der Waals surface area contributed by atoms with Gasteiger partial charge in [-0.3, -0.25) is 0 Å². The van der Waals surface area contributed by atoms with Gasteiger partial charge < -0.3 is 14.5 Å². The molecule has 0 bridgehead atoms. The highest BCUT2D eigenvalue weighted by molar-refractivity contribution is 9.11. The van der Waals surface area contributed by atoms with E-state index in [2.05, 4.69) is 94.7 Å². The van der Waals surface area contributed by atoms with Crippen LogP contribution in [0, 0.1) is 0 Å². The van der Waals surface area contributed by atoms with Gasteiger partial charge in [0.25, 0.3) is 0 Å². The van der Waals surface area contributed by atoms with Gasteiger partial charge in [0.1, 0.15) is 12.4 Å². The van der Waals surface area contributed by atoms with Crippen LogP contribution in [0.1, 0.15) is 49.7 Å². The Morgan fingerprint density at radius 3 is 2.05 bits per heavy atom. The van der Waals surface area contributed by atoms with Crippen LogP contribution in [0.15, 0.2) is 68.6 Å². The Labute approximate surface area is 257 Å². The van der Waals surface area contributed by atoms with Crippen LogP contribution in [0.25, 0.3) is 10.8 Å². The number of rotatable bonds is 8. The first-order valence-corrected chi connectivity index (χ1v) is 15.9. The van der Waals surface area contributed by atoms with Crippen molar-refractivity contribution >= 4 is 66.7 Å². The zero-order chi connectivity index (χ0) is 28.0. The number of anilines is 3. The van der Waals surface area contributed by atoms with Gasteiger partial charge in [-0.05, 0) is 104 Å². The number of hydrogen-bond acceptors (Lipinski definition) is 8. The monoisotopic (exact) mass is 677 g/mol. The van der Waals surface area contributed by atoms with Crippen LogP contribution >= 0.6 is 31.9 Å². The fourth-order valence-electron chi connectivity index (χ4n) is 5.40. The van der Waals surface area contributed by atoms with Gasteiger partial charge in [-0.1, -0.05) is 42.5 Å². The summed E-state index contributed by atoms with van der Waals surface area (Å²) in [6, 6.07) is 18.6. The molecule has 2 aliphatic rings. The number of nitrogens with zero attached hydrogens (tertiary/aromatic N) is 6. The second-order valence-corrected chi connectivity index (χ2v) is 12.2. The molecule has 0 saturated carbocycles. The Kier molecular flexibility index (Phi) is 8.96.